The van der Waals surface area contributed by atoms with Crippen molar-refractivity contribution in [1.29, 1.82) is 0 Å². The molecule has 0 aliphatic rings. The van der Waals surface area contributed by atoms with Crippen LogP contribution in [0.25, 0.3) is 0 Å². The van der Waals surface area contributed by atoms with E-state index in [4.69, 9.17) is 5.11 Å². The highest BCUT2D eigenvalue weighted by Crippen LogP contribution is 2.10. The van der Waals surface area contributed by atoms with Gasteiger partial charge in [0.05, 0.1) is 4.88 Å². The molecule has 2 amide bonds. The lowest BCUT2D eigenvalue weighted by Gasteiger charge is -2.22. The largest absolute Gasteiger partial charge is 0.480 e. The van der Waals surface area contributed by atoms with Gasteiger partial charge in [0.25, 0.3) is 5.91 Å². The molecule has 1 aromatic rings. The fourth-order valence-corrected chi connectivity index (χ4v) is 2.15. The number of hydrogen-bond acceptors (Lipinski definition) is 4. The average molecular weight is 298 g/mol. The van der Waals surface area contributed by atoms with Gasteiger partial charge in [-0.15, -0.1) is 11.3 Å². The van der Waals surface area contributed by atoms with E-state index in [1.807, 2.05) is 0 Å². The molecule has 110 valence electrons. The second-order valence-electron chi connectivity index (χ2n) is 4.74. The number of carbonyl (C=O) groups excluding carboxylic acids is 2. The smallest absolute Gasteiger partial charge is 0.325 e. The molecule has 0 radical (unpaired) electrons. The van der Waals surface area contributed by atoms with Gasteiger partial charge in [0.1, 0.15) is 12.1 Å². The second kappa shape index (κ2) is 7.04. The molecule has 0 saturated carbocycles. The molecule has 20 heavy (non-hydrogen) atoms. The Morgan fingerprint density at radius 1 is 1.20 bits per heavy atom. The summed E-state index contributed by atoms with van der Waals surface area (Å²) in [6.45, 7) is 4.94. The Kier molecular flexibility index (Phi) is 5.69. The van der Waals surface area contributed by atoms with Crippen molar-refractivity contribution in [2.45, 2.75) is 32.9 Å². The van der Waals surface area contributed by atoms with Gasteiger partial charge in [0.2, 0.25) is 5.91 Å². The Labute approximate surface area is 121 Å². The third-order valence-electron chi connectivity index (χ3n) is 2.71. The molecule has 2 atom stereocenters. The van der Waals surface area contributed by atoms with Crippen molar-refractivity contribution in [3.63, 3.8) is 0 Å². The first-order valence-corrected chi connectivity index (χ1v) is 7.08. The number of carboxylic acid groups (broad SMARTS) is 1. The molecule has 1 rings (SSSR count). The topological polar surface area (TPSA) is 95.5 Å². The van der Waals surface area contributed by atoms with Gasteiger partial charge in [0, 0.05) is 0 Å². The minimum atomic E-state index is -1.12. The van der Waals surface area contributed by atoms with Gasteiger partial charge in [-0.3, -0.25) is 14.4 Å². The van der Waals surface area contributed by atoms with Gasteiger partial charge in [-0.2, -0.15) is 0 Å². The number of carbonyl (C=O) groups is 3. The lowest BCUT2D eigenvalue weighted by atomic mass is 10.0. The summed E-state index contributed by atoms with van der Waals surface area (Å²) in [5, 5.41) is 15.5. The van der Waals surface area contributed by atoms with Crippen LogP contribution in [-0.2, 0) is 9.59 Å². The van der Waals surface area contributed by atoms with E-state index in [0.29, 0.717) is 4.88 Å². The summed E-state index contributed by atoms with van der Waals surface area (Å²) in [6, 6.07) is 1.64. The van der Waals surface area contributed by atoms with Crippen molar-refractivity contribution in [3.8, 4) is 0 Å². The third-order valence-corrected chi connectivity index (χ3v) is 3.58. The molecule has 3 N–H and O–H groups in total. The van der Waals surface area contributed by atoms with Crippen molar-refractivity contribution in [3.05, 3.63) is 22.4 Å². The van der Waals surface area contributed by atoms with Gasteiger partial charge in [-0.05, 0) is 24.3 Å². The Morgan fingerprint density at radius 3 is 2.30 bits per heavy atom. The highest BCUT2D eigenvalue weighted by Gasteiger charge is 2.27. The molecule has 1 heterocycles. The molecular formula is C13H18N2O4S. The summed E-state index contributed by atoms with van der Waals surface area (Å²) in [5.41, 5.74) is 0. The minimum absolute atomic E-state index is 0.153. The van der Waals surface area contributed by atoms with E-state index in [9.17, 15) is 14.4 Å². The molecule has 0 saturated heterocycles. The molecule has 6 nitrogen and oxygen atoms in total. The van der Waals surface area contributed by atoms with Gasteiger partial charge in [-0.25, -0.2) is 0 Å². The van der Waals surface area contributed by atoms with E-state index in [1.54, 1.807) is 31.4 Å². The van der Waals surface area contributed by atoms with Crippen LogP contribution in [0.5, 0.6) is 0 Å². The molecule has 7 heteroatoms. The predicted octanol–water partition coefficient (Wildman–Crippen LogP) is 1.09. The third kappa shape index (κ3) is 4.34. The zero-order valence-electron chi connectivity index (χ0n) is 11.5. The number of nitrogens with one attached hydrogen (secondary N) is 2. The summed E-state index contributed by atoms with van der Waals surface area (Å²) in [4.78, 5) is 35.2. The quantitative estimate of drug-likeness (QED) is 0.732. The van der Waals surface area contributed by atoms with Crippen LogP contribution in [0.2, 0.25) is 0 Å². The molecule has 1 aromatic heterocycles. The molecule has 0 spiro atoms. The molecular weight excluding hydrogens is 280 g/mol. The molecule has 0 aliphatic carbocycles. The summed E-state index contributed by atoms with van der Waals surface area (Å²) in [5.74, 6) is -2.11. The number of hydrogen-bond donors (Lipinski definition) is 3. The first-order valence-electron chi connectivity index (χ1n) is 6.20. The first kappa shape index (κ1) is 16.2. The Hall–Kier alpha value is -1.89. The molecule has 0 aliphatic heterocycles. The maximum Gasteiger partial charge on any atom is 0.325 e. The van der Waals surface area contributed by atoms with E-state index >= 15 is 0 Å². The van der Waals surface area contributed by atoms with Gasteiger partial charge < -0.3 is 15.7 Å². The summed E-state index contributed by atoms with van der Waals surface area (Å²) < 4.78 is 0. The number of rotatable bonds is 6. The maximum absolute atomic E-state index is 12.0. The van der Waals surface area contributed by atoms with Crippen LogP contribution in [0.3, 0.4) is 0 Å². The van der Waals surface area contributed by atoms with Crippen LogP contribution in [0.15, 0.2) is 17.5 Å². The highest BCUT2D eigenvalue weighted by atomic mass is 32.1. The van der Waals surface area contributed by atoms with Crippen LogP contribution in [0.4, 0.5) is 0 Å². The van der Waals surface area contributed by atoms with E-state index < -0.39 is 24.0 Å². The van der Waals surface area contributed by atoms with Gasteiger partial charge in [-0.1, -0.05) is 19.9 Å². The van der Waals surface area contributed by atoms with E-state index in [0.717, 1.165) is 0 Å². The van der Waals surface area contributed by atoms with Gasteiger partial charge >= 0.3 is 5.97 Å². The number of aliphatic carboxylic acids is 1. The molecule has 0 aromatic carbocycles. The van der Waals surface area contributed by atoms with Crippen LogP contribution in [0.1, 0.15) is 30.4 Å². The maximum atomic E-state index is 12.0. The van der Waals surface area contributed by atoms with Crippen LogP contribution in [0, 0.1) is 5.92 Å². The van der Waals surface area contributed by atoms with Gasteiger partial charge in [0.15, 0.2) is 0 Å². The Morgan fingerprint density at radius 2 is 1.85 bits per heavy atom. The van der Waals surface area contributed by atoms with Crippen molar-refractivity contribution in [2.24, 2.45) is 5.92 Å². The fraction of sp³-hybridized carbons (Fsp3) is 0.462. The highest BCUT2D eigenvalue weighted by molar-refractivity contribution is 7.12. The number of carboxylic acids is 1. The standard InChI is InChI=1S/C13H18N2O4S/c1-7(2)10(12(17)14-8(3)13(18)19)15-11(16)9-5-4-6-20-9/h4-8,10H,1-3H3,(H,14,17)(H,15,16)(H,18,19)/t8-,10?/m1/s1. The van der Waals surface area contributed by atoms with Crippen LogP contribution < -0.4 is 10.6 Å². The zero-order chi connectivity index (χ0) is 15.3. The second-order valence-corrected chi connectivity index (χ2v) is 5.69. The minimum Gasteiger partial charge on any atom is -0.480 e. The number of amides is 2. The van der Waals surface area contributed by atoms with E-state index in [2.05, 4.69) is 10.6 Å². The summed E-state index contributed by atoms with van der Waals surface area (Å²) in [6.07, 6.45) is 0. The SMILES string of the molecule is CC(C)C(NC(=O)c1cccs1)C(=O)N[C@H](C)C(=O)O. The molecule has 1 unspecified atom stereocenters. The Balaban J connectivity index is 2.72. The fourth-order valence-electron chi connectivity index (χ4n) is 1.52. The van der Waals surface area contributed by atoms with Crippen LogP contribution in [-0.4, -0.2) is 35.0 Å². The van der Waals surface area contributed by atoms with E-state index in [1.165, 1.54) is 18.3 Å². The zero-order valence-corrected chi connectivity index (χ0v) is 12.4. The normalized spacial score (nSPS) is 13.6. The molecule has 0 bridgehead atoms. The molecule has 0 fully saturated rings. The average Bonchev–Trinajstić information content (AvgIpc) is 2.88. The summed E-state index contributed by atoms with van der Waals surface area (Å²) >= 11 is 1.28. The van der Waals surface area contributed by atoms with Crippen molar-refractivity contribution < 1.29 is 19.5 Å². The first-order chi connectivity index (χ1) is 9.32. The van der Waals surface area contributed by atoms with Crippen molar-refractivity contribution >= 4 is 29.1 Å². The van der Waals surface area contributed by atoms with Crippen LogP contribution >= 0.6 is 11.3 Å². The lowest BCUT2D eigenvalue weighted by molar-refractivity contribution is -0.141. The summed E-state index contributed by atoms with van der Waals surface area (Å²) in [7, 11) is 0. The van der Waals surface area contributed by atoms with Crippen molar-refractivity contribution in [1.82, 2.24) is 10.6 Å². The van der Waals surface area contributed by atoms with Crippen molar-refractivity contribution in [2.75, 3.05) is 0 Å². The lowest BCUT2D eigenvalue weighted by Crippen LogP contribution is -2.52. The Bertz CT molecular complexity index is 485. The monoisotopic (exact) mass is 298 g/mol. The number of thiophene rings is 1. The predicted molar refractivity (Wildman–Crippen MR) is 75.7 cm³/mol. The van der Waals surface area contributed by atoms with E-state index in [-0.39, 0.29) is 11.8 Å².